The van der Waals surface area contributed by atoms with E-state index in [1.807, 2.05) is 53.4 Å². The van der Waals surface area contributed by atoms with Gasteiger partial charge in [-0.05, 0) is 72.5 Å². The van der Waals surface area contributed by atoms with Crippen LogP contribution in [0.4, 0.5) is 0 Å². The van der Waals surface area contributed by atoms with E-state index in [0.717, 1.165) is 16.0 Å². The van der Waals surface area contributed by atoms with Crippen molar-refractivity contribution in [3.8, 4) is 23.0 Å². The maximum Gasteiger partial charge on any atom is 0.353 e. The van der Waals surface area contributed by atoms with Crippen molar-refractivity contribution in [1.29, 1.82) is 0 Å². The molecule has 6 heterocycles. The lowest BCUT2D eigenvalue weighted by atomic mass is 9.90. The molecular formula is C47H52B2ClN6O13S2+. The summed E-state index contributed by atoms with van der Waals surface area (Å²) in [7, 11) is 3.59. The Hall–Kier alpha value is -6.10. The number of nitrogens with one attached hydrogen (secondary N) is 1. The standard InChI is InChI=1S/C47H51B2ClN6O13S2/c1-26(42(57)49-62)69-53-38(35-24-70-27(2)51-35)43(58)52-39-45(60)55-40(47(61)68-48)30(25-71(63)46(39)55)21-56-18-15-31(16-19-56)54(17-20-56)44(59)34-13-14-36(66-22-28-5-9-32(64-3)10-6-28)41(37(34)50)67-23-29-7-11-33(65-4)12-8-29/h5-14,24,26,31,39,46,49,62H,15-23,25,48H2,1-4H3/p+1/b53-38-/t26-,31?,39+,46+,56?,71?/m0/s1. The third-order valence-corrected chi connectivity index (χ3v) is 16.0. The molecule has 2 N–H and O–H groups in total. The fourth-order valence-corrected chi connectivity index (χ4v) is 11.7. The van der Waals surface area contributed by atoms with E-state index in [2.05, 4.69) is 15.5 Å². The van der Waals surface area contributed by atoms with Gasteiger partial charge < -0.3 is 57.5 Å². The van der Waals surface area contributed by atoms with Crippen molar-refractivity contribution in [3.05, 3.63) is 110 Å². The average Bonchev–Trinajstić information content (AvgIpc) is 3.63. The molecule has 4 aromatic rings. The molecule has 24 heteroatoms. The fraction of sp³-hybridized carbons (Fsp3) is 0.383. The fourth-order valence-electron chi connectivity index (χ4n) is 9.18. The quantitative estimate of drug-likeness (QED) is 0.0343. The second-order valence-electron chi connectivity index (χ2n) is 17.5. The average molecular weight is 1030 g/mol. The van der Waals surface area contributed by atoms with E-state index in [0.29, 0.717) is 71.3 Å². The summed E-state index contributed by atoms with van der Waals surface area (Å²) in [6.07, 6.45) is 0.0783. The minimum atomic E-state index is -1.78. The van der Waals surface area contributed by atoms with Crippen LogP contribution in [0, 0.1) is 6.92 Å². The van der Waals surface area contributed by atoms with Crippen LogP contribution in [0.25, 0.3) is 0 Å². The molecule has 71 heavy (non-hydrogen) atoms. The number of fused-ring (bicyclic) bond motifs is 5. The second-order valence-corrected chi connectivity index (χ2v) is 20.5. The topological polar surface area (TPSA) is 228 Å². The zero-order valence-corrected chi connectivity index (χ0v) is 42.1. The number of nitrogens with zero attached hydrogens (tertiary/aromatic N) is 5. The summed E-state index contributed by atoms with van der Waals surface area (Å²) in [5, 5.41) is 16.9. The van der Waals surface area contributed by atoms with Gasteiger partial charge in [0.2, 0.25) is 5.37 Å². The number of ether oxygens (including phenoxy) is 4. The molecule has 3 aromatic carbocycles. The van der Waals surface area contributed by atoms with Crippen molar-refractivity contribution in [1.82, 2.24) is 20.1 Å². The lowest BCUT2D eigenvalue weighted by Gasteiger charge is -2.50. The molecule has 5 aliphatic rings. The summed E-state index contributed by atoms with van der Waals surface area (Å²) in [5.41, 5.74) is 1.52. The van der Waals surface area contributed by atoms with Crippen LogP contribution in [0.2, 0.25) is 5.02 Å². The first-order valence-corrected chi connectivity index (χ1v) is 25.4. The van der Waals surface area contributed by atoms with Gasteiger partial charge in [-0.25, -0.2) is 9.78 Å². The monoisotopic (exact) mass is 1030 g/mol. The first-order valence-electron chi connectivity index (χ1n) is 22.8. The highest BCUT2D eigenvalue weighted by atomic mass is 35.5. The number of hydrogen-bond acceptors (Lipinski definition) is 16. The lowest BCUT2D eigenvalue weighted by molar-refractivity contribution is -0.924. The predicted molar refractivity (Wildman–Crippen MR) is 265 cm³/mol. The van der Waals surface area contributed by atoms with Crippen LogP contribution >= 0.6 is 22.9 Å². The van der Waals surface area contributed by atoms with E-state index >= 15 is 0 Å². The Kier molecular flexibility index (Phi) is 16.0. The predicted octanol–water partition coefficient (Wildman–Crippen LogP) is 2.16. The molecule has 0 radical (unpaired) electrons. The highest BCUT2D eigenvalue weighted by Crippen LogP contribution is 2.42. The number of methoxy groups -OCH3 is 2. The Morgan fingerprint density at radius 2 is 1.66 bits per heavy atom. The molecule has 0 saturated carbocycles. The van der Waals surface area contributed by atoms with Crippen LogP contribution in [0.5, 0.6) is 23.0 Å². The van der Waals surface area contributed by atoms with Gasteiger partial charge in [0.15, 0.2) is 35.0 Å². The zero-order chi connectivity index (χ0) is 50.6. The molecule has 4 atom stereocenters. The first-order chi connectivity index (χ1) is 34.2. The summed E-state index contributed by atoms with van der Waals surface area (Å²) < 4.78 is 43.0. The largest absolute Gasteiger partial charge is 0.614 e. The normalized spacial score (nSPS) is 22.1. The molecule has 0 aliphatic carbocycles. The third kappa shape index (κ3) is 10.9. The van der Waals surface area contributed by atoms with Crippen LogP contribution in [-0.2, 0) is 53.1 Å². The van der Waals surface area contributed by atoms with Crippen LogP contribution in [0.15, 0.2) is 82.5 Å². The van der Waals surface area contributed by atoms with Crippen molar-refractivity contribution >= 4 is 84.7 Å². The van der Waals surface area contributed by atoms with Crippen LogP contribution in [0.3, 0.4) is 0 Å². The molecule has 19 nitrogen and oxygen atoms in total. The number of oxime groups is 1. The number of carbonyl (C=O) groups excluding carboxylic acids is 5. The number of carbonyl (C=O) groups is 5. The molecule has 1 unspecified atom stereocenters. The van der Waals surface area contributed by atoms with Gasteiger partial charge in [0, 0.05) is 24.3 Å². The number of aryl methyl sites for hydroxylation is 1. The van der Waals surface area contributed by atoms with E-state index in [9.17, 15) is 33.5 Å². The van der Waals surface area contributed by atoms with Crippen molar-refractivity contribution < 1.29 is 66.5 Å². The molecule has 2 bridgehead atoms. The minimum absolute atomic E-state index is 0.0219. The smallest absolute Gasteiger partial charge is 0.353 e. The number of quaternary nitrogens is 1. The van der Waals surface area contributed by atoms with Crippen molar-refractivity contribution in [2.24, 2.45) is 5.16 Å². The van der Waals surface area contributed by atoms with E-state index in [1.165, 1.54) is 26.3 Å². The van der Waals surface area contributed by atoms with Crippen LogP contribution in [0.1, 0.15) is 52.0 Å². The van der Waals surface area contributed by atoms with Crippen LogP contribution in [-0.4, -0.2) is 156 Å². The van der Waals surface area contributed by atoms with Gasteiger partial charge in [-0.2, -0.15) is 0 Å². The number of thiazole rings is 1. The number of β-lactam (4-membered cyclic amide) rings is 1. The Bertz CT molecular complexity index is 2740. The summed E-state index contributed by atoms with van der Waals surface area (Å²) in [4.78, 5) is 80.5. The van der Waals surface area contributed by atoms with Gasteiger partial charge in [-0.3, -0.25) is 19.3 Å². The second kappa shape index (κ2) is 22.1. The van der Waals surface area contributed by atoms with Gasteiger partial charge in [-0.1, -0.05) is 41.0 Å². The molecular weight excluding hydrogens is 978 g/mol. The molecule has 0 spiro atoms. The zero-order valence-electron chi connectivity index (χ0n) is 39.7. The number of halogens is 1. The third-order valence-electron chi connectivity index (χ3n) is 13.2. The Morgan fingerprint density at radius 3 is 2.25 bits per heavy atom. The summed E-state index contributed by atoms with van der Waals surface area (Å²) >= 11 is 6.59. The molecule has 9 rings (SSSR count). The number of aromatic nitrogens is 1. The maximum atomic E-state index is 14.7. The highest BCUT2D eigenvalue weighted by molar-refractivity contribution is 7.92. The van der Waals surface area contributed by atoms with E-state index in [4.69, 9.17) is 40.0 Å². The summed E-state index contributed by atoms with van der Waals surface area (Å²) in [6, 6.07) is 16.8. The number of amides is 3. The first kappa shape index (κ1) is 51.3. The van der Waals surface area contributed by atoms with E-state index in [1.54, 1.807) is 38.7 Å². The highest BCUT2D eigenvalue weighted by Gasteiger charge is 2.62. The SMILES string of the molecule is BOC(=O)C1=C(C[N+]23CCC(CC2)N(C(=O)c2ccc(OCc4ccc(OC)cc4)c(OCc4ccc(OC)cc4)c2Cl)CC3)C[S+]([O-])[C@@H]2[C@H](NC(=O)/C(=N\O[C@@H](C)C(=O)BO)c3csc(C)n3)C(=O)N12. The molecule has 1 aromatic heterocycles. The number of piperidine rings is 1. The molecule has 4 fully saturated rings. The minimum Gasteiger partial charge on any atom is -0.614 e. The summed E-state index contributed by atoms with van der Waals surface area (Å²) in [5.74, 6) is -0.714. The van der Waals surface area contributed by atoms with Crippen LogP contribution < -0.4 is 24.3 Å². The van der Waals surface area contributed by atoms with Gasteiger partial charge in [0.05, 0.1) is 61.6 Å². The molecule has 5 aliphatic heterocycles. The molecule has 4 saturated heterocycles. The Balaban J connectivity index is 0.993. The molecule has 372 valence electrons. The Morgan fingerprint density at radius 1 is 1.01 bits per heavy atom. The number of benzene rings is 3. The number of rotatable bonds is 19. The lowest BCUT2D eigenvalue weighted by Crippen LogP contribution is -2.75. The summed E-state index contributed by atoms with van der Waals surface area (Å²) in [6.45, 7) is 5.78. The Labute approximate surface area is 423 Å². The van der Waals surface area contributed by atoms with Crippen molar-refractivity contribution in [3.63, 3.8) is 0 Å². The van der Waals surface area contributed by atoms with Crippen molar-refractivity contribution in [2.45, 2.75) is 63.5 Å². The van der Waals surface area contributed by atoms with E-state index < -0.39 is 59.6 Å². The van der Waals surface area contributed by atoms with Crippen molar-refractivity contribution in [2.75, 3.05) is 52.7 Å². The van der Waals surface area contributed by atoms with E-state index in [-0.39, 0.29) is 70.9 Å². The number of hydrogen-bond donors (Lipinski definition) is 2. The van der Waals surface area contributed by atoms with Gasteiger partial charge in [-0.15, -0.1) is 11.3 Å². The van der Waals surface area contributed by atoms with Gasteiger partial charge in [0.25, 0.3) is 17.7 Å². The van der Waals surface area contributed by atoms with Gasteiger partial charge in [0.1, 0.15) is 48.4 Å². The maximum absolute atomic E-state index is 14.7. The molecule has 3 amide bonds. The van der Waals surface area contributed by atoms with Gasteiger partial charge >= 0.3 is 21.5 Å².